The molecule has 0 amide bonds. The highest BCUT2D eigenvalue weighted by molar-refractivity contribution is 5.95. The van der Waals surface area contributed by atoms with Gasteiger partial charge in [-0.1, -0.05) is 54.6 Å². The maximum atomic E-state index is 11.6. The zero-order chi connectivity index (χ0) is 30.6. The van der Waals surface area contributed by atoms with Crippen molar-refractivity contribution in [2.45, 2.75) is 13.5 Å². The number of ether oxygens (including phenoxy) is 3. The normalized spacial score (nSPS) is 10.8. The van der Waals surface area contributed by atoms with Crippen LogP contribution in [0.4, 0.5) is 0 Å². The Morgan fingerprint density at radius 1 is 0.795 bits per heavy atom. The largest absolute Gasteiger partial charge is 0.478 e. The molecule has 0 spiro atoms. The van der Waals surface area contributed by atoms with E-state index in [1.54, 1.807) is 42.5 Å². The molecule has 0 bridgehead atoms. The lowest BCUT2D eigenvalue weighted by atomic mass is 10.2. The van der Waals surface area contributed by atoms with E-state index in [4.69, 9.17) is 35.3 Å². The fourth-order valence-electron chi connectivity index (χ4n) is 4.50. The van der Waals surface area contributed by atoms with Crippen LogP contribution in [0.3, 0.4) is 0 Å². The van der Waals surface area contributed by atoms with Crippen LogP contribution in [0.2, 0.25) is 0 Å². The summed E-state index contributed by atoms with van der Waals surface area (Å²) in [5, 5.41) is 17.4. The van der Waals surface area contributed by atoms with Gasteiger partial charge in [0.1, 0.15) is 23.2 Å². The Morgan fingerprint density at radius 3 is 2.25 bits per heavy atom. The topological polar surface area (TPSA) is 158 Å². The lowest BCUT2D eigenvalue weighted by Crippen LogP contribution is -2.11. The van der Waals surface area contributed by atoms with Gasteiger partial charge in [-0.25, -0.2) is 9.78 Å². The van der Waals surface area contributed by atoms with Crippen LogP contribution >= 0.6 is 0 Å². The SMILES string of the molecule is Cc1nc2c(Oc3cccc(C(=O)O)c3)nc(Oc3cc(C(=N)N)ccc3Oc3ccccc3)nc2n1Cc1ccccc1. The quantitative estimate of drug-likeness (QED) is 0.120. The van der Waals surface area contributed by atoms with Gasteiger partial charge in [-0.15, -0.1) is 0 Å². The molecule has 0 atom stereocenters. The molecule has 44 heavy (non-hydrogen) atoms. The van der Waals surface area contributed by atoms with E-state index in [0.717, 1.165) is 5.56 Å². The summed E-state index contributed by atoms with van der Waals surface area (Å²) in [5.74, 6) is 0.854. The Bertz CT molecular complexity index is 1990. The monoisotopic (exact) mass is 586 g/mol. The van der Waals surface area contributed by atoms with Crippen molar-refractivity contribution in [2.75, 3.05) is 0 Å². The molecule has 6 aromatic rings. The number of hydrogen-bond donors (Lipinski definition) is 3. The van der Waals surface area contributed by atoms with Crippen LogP contribution < -0.4 is 19.9 Å². The van der Waals surface area contributed by atoms with E-state index in [2.05, 4.69) is 4.98 Å². The molecule has 2 heterocycles. The number of nitrogens with zero attached hydrogens (tertiary/aromatic N) is 4. The minimum absolute atomic E-state index is 0.0545. The average molecular weight is 587 g/mol. The van der Waals surface area contributed by atoms with Gasteiger partial charge in [0.05, 0.1) is 12.1 Å². The number of carbonyl (C=O) groups is 1. The first-order chi connectivity index (χ1) is 21.3. The minimum atomic E-state index is -1.09. The molecule has 0 radical (unpaired) electrons. The van der Waals surface area contributed by atoms with Crippen LogP contribution in [0.1, 0.15) is 27.3 Å². The van der Waals surface area contributed by atoms with Crippen LogP contribution in [-0.2, 0) is 6.54 Å². The highest BCUT2D eigenvalue weighted by Gasteiger charge is 2.21. The molecule has 6 rings (SSSR count). The van der Waals surface area contributed by atoms with Gasteiger partial charge in [-0.05, 0) is 61.0 Å². The first kappa shape index (κ1) is 27.9. The Kier molecular flexibility index (Phi) is 7.58. The molecule has 0 aliphatic carbocycles. The van der Waals surface area contributed by atoms with Crippen LogP contribution in [0.5, 0.6) is 34.9 Å². The molecule has 0 fully saturated rings. The number of nitrogens with two attached hydrogens (primary N) is 1. The van der Waals surface area contributed by atoms with E-state index >= 15 is 0 Å². The second kappa shape index (κ2) is 11.9. The van der Waals surface area contributed by atoms with Crippen LogP contribution in [-0.4, -0.2) is 36.4 Å². The molecular weight excluding hydrogens is 560 g/mol. The summed E-state index contributed by atoms with van der Waals surface area (Å²) in [4.78, 5) is 25.5. The molecule has 0 aliphatic heterocycles. The number of para-hydroxylation sites is 1. The molecule has 11 heteroatoms. The van der Waals surface area contributed by atoms with E-state index in [1.165, 1.54) is 12.1 Å². The maximum Gasteiger partial charge on any atom is 0.335 e. The van der Waals surface area contributed by atoms with Gasteiger partial charge in [0.2, 0.25) is 0 Å². The molecule has 0 saturated heterocycles. The minimum Gasteiger partial charge on any atom is -0.478 e. The zero-order valence-electron chi connectivity index (χ0n) is 23.5. The Balaban J connectivity index is 1.47. The number of aryl methyl sites for hydroxylation is 1. The highest BCUT2D eigenvalue weighted by atomic mass is 16.5. The molecule has 4 aromatic carbocycles. The second-order valence-corrected chi connectivity index (χ2v) is 9.74. The summed E-state index contributed by atoms with van der Waals surface area (Å²) in [6.45, 7) is 2.32. The third-order valence-corrected chi connectivity index (χ3v) is 6.64. The number of benzene rings is 4. The molecule has 2 aromatic heterocycles. The van der Waals surface area contributed by atoms with Gasteiger partial charge in [-0.3, -0.25) is 5.41 Å². The molecule has 0 saturated carbocycles. The van der Waals surface area contributed by atoms with Crippen LogP contribution in [0.25, 0.3) is 11.2 Å². The van der Waals surface area contributed by atoms with Crippen molar-refractivity contribution in [1.82, 2.24) is 19.5 Å². The third-order valence-electron chi connectivity index (χ3n) is 6.64. The van der Waals surface area contributed by atoms with Gasteiger partial charge in [0, 0.05) is 5.56 Å². The summed E-state index contributed by atoms with van der Waals surface area (Å²) in [5.41, 5.74) is 8.07. The van der Waals surface area contributed by atoms with E-state index in [-0.39, 0.29) is 34.8 Å². The Morgan fingerprint density at radius 2 is 1.52 bits per heavy atom. The highest BCUT2D eigenvalue weighted by Crippen LogP contribution is 2.37. The number of nitrogens with one attached hydrogen (secondary N) is 1. The van der Waals surface area contributed by atoms with Crippen molar-refractivity contribution in [2.24, 2.45) is 5.73 Å². The zero-order valence-corrected chi connectivity index (χ0v) is 23.5. The summed E-state index contributed by atoms with van der Waals surface area (Å²) in [6.07, 6.45) is 0. The van der Waals surface area contributed by atoms with Crippen molar-refractivity contribution in [3.05, 3.63) is 126 Å². The Labute approximate surface area is 251 Å². The Hall–Kier alpha value is -6.23. The number of hydrogen-bond acceptors (Lipinski definition) is 8. The van der Waals surface area contributed by atoms with E-state index in [0.29, 0.717) is 40.6 Å². The number of nitrogen functional groups attached to an aromatic ring is 1. The third kappa shape index (κ3) is 6.02. The predicted molar refractivity (Wildman–Crippen MR) is 163 cm³/mol. The number of aromatic carboxylic acids is 1. The van der Waals surface area contributed by atoms with Crippen molar-refractivity contribution in [3.63, 3.8) is 0 Å². The number of carboxylic acids is 1. The second-order valence-electron chi connectivity index (χ2n) is 9.74. The van der Waals surface area contributed by atoms with Crippen molar-refractivity contribution < 1.29 is 24.1 Å². The smallest absolute Gasteiger partial charge is 0.335 e. The van der Waals surface area contributed by atoms with Crippen molar-refractivity contribution in [1.29, 1.82) is 5.41 Å². The lowest BCUT2D eigenvalue weighted by Gasteiger charge is -2.14. The average Bonchev–Trinajstić information content (AvgIpc) is 3.33. The fraction of sp³-hybridized carbons (Fsp3) is 0.0606. The number of rotatable bonds is 10. The fourth-order valence-corrected chi connectivity index (χ4v) is 4.50. The van der Waals surface area contributed by atoms with Crippen LogP contribution in [0.15, 0.2) is 103 Å². The van der Waals surface area contributed by atoms with Gasteiger partial charge in [0.25, 0.3) is 5.88 Å². The van der Waals surface area contributed by atoms with Crippen molar-refractivity contribution in [3.8, 4) is 34.9 Å². The summed E-state index contributed by atoms with van der Waals surface area (Å²) in [6, 6.07) is 29.8. The van der Waals surface area contributed by atoms with Gasteiger partial charge in [-0.2, -0.15) is 9.97 Å². The summed E-state index contributed by atoms with van der Waals surface area (Å²) < 4.78 is 20.3. The maximum absolute atomic E-state index is 11.6. The summed E-state index contributed by atoms with van der Waals surface area (Å²) >= 11 is 0. The number of fused-ring (bicyclic) bond motifs is 1. The lowest BCUT2D eigenvalue weighted by molar-refractivity contribution is 0.0696. The molecule has 218 valence electrons. The number of aromatic nitrogens is 4. The number of carboxylic acid groups (broad SMARTS) is 1. The summed E-state index contributed by atoms with van der Waals surface area (Å²) in [7, 11) is 0. The van der Waals surface area contributed by atoms with Crippen molar-refractivity contribution >= 4 is 23.0 Å². The van der Waals surface area contributed by atoms with E-state index < -0.39 is 5.97 Å². The predicted octanol–water partition coefficient (Wildman–Crippen LogP) is 6.54. The molecule has 0 unspecified atom stereocenters. The first-order valence-corrected chi connectivity index (χ1v) is 13.5. The molecular formula is C33H26N6O5. The van der Waals surface area contributed by atoms with Gasteiger partial charge >= 0.3 is 12.0 Å². The standard InChI is InChI=1S/C33H26N6O5/c1-20-36-28-30(39(20)19-21-9-4-2-5-10-21)37-33(38-31(28)43-25-14-8-11-23(17-25)32(40)41)44-27-18-22(29(34)35)15-16-26(27)42-24-12-6-3-7-13-24/h2-18H,19H2,1H3,(H3,34,35)(H,40,41). The molecule has 11 nitrogen and oxygen atoms in total. The van der Waals surface area contributed by atoms with Gasteiger partial charge < -0.3 is 29.6 Å². The van der Waals surface area contributed by atoms with E-state index in [1.807, 2.05) is 60.0 Å². The number of imidazole rings is 1. The van der Waals surface area contributed by atoms with E-state index in [9.17, 15) is 9.90 Å². The van der Waals surface area contributed by atoms with Gasteiger partial charge in [0.15, 0.2) is 22.7 Å². The number of amidine groups is 1. The molecule has 4 N–H and O–H groups in total. The van der Waals surface area contributed by atoms with Crippen LogP contribution in [0, 0.1) is 12.3 Å². The molecule has 0 aliphatic rings. The first-order valence-electron chi connectivity index (χ1n) is 13.5.